The first kappa shape index (κ1) is 21.1. The molecule has 0 bridgehead atoms. The molecule has 0 spiro atoms. The molecule has 5 nitrogen and oxygen atoms in total. The van der Waals surface area contributed by atoms with Gasteiger partial charge in [-0.3, -0.25) is 4.79 Å². The number of carbonyl (C=O) groups excluding carboxylic acids is 1. The first-order chi connectivity index (χ1) is 13.4. The quantitative estimate of drug-likeness (QED) is 0.481. The number of para-hydroxylation sites is 1. The highest BCUT2D eigenvalue weighted by Crippen LogP contribution is 2.40. The monoisotopic (exact) mass is 457 g/mol. The summed E-state index contributed by atoms with van der Waals surface area (Å²) in [7, 11) is 0. The lowest BCUT2D eigenvalue weighted by Crippen LogP contribution is -2.50. The van der Waals surface area contributed by atoms with Gasteiger partial charge in [0.25, 0.3) is 5.91 Å². The number of hydrogen-bond donors (Lipinski definition) is 2. The summed E-state index contributed by atoms with van der Waals surface area (Å²) in [5.41, 5.74) is 1.62. The van der Waals surface area contributed by atoms with Crippen LogP contribution in [0.4, 0.5) is 5.00 Å². The highest BCUT2D eigenvalue weighted by molar-refractivity contribution is 7.16. The van der Waals surface area contributed by atoms with E-state index in [4.69, 9.17) is 39.5 Å². The maximum Gasteiger partial charge on any atom is 0.259 e. The Morgan fingerprint density at radius 2 is 1.96 bits per heavy atom. The summed E-state index contributed by atoms with van der Waals surface area (Å²) in [6.45, 7) is -0.227. The van der Waals surface area contributed by atoms with Gasteiger partial charge in [-0.2, -0.15) is 5.26 Å². The lowest BCUT2D eigenvalue weighted by molar-refractivity contribution is -0.123. The van der Waals surface area contributed by atoms with Crippen molar-refractivity contribution in [3.63, 3.8) is 0 Å². The van der Waals surface area contributed by atoms with E-state index < -0.39 is 15.9 Å². The molecule has 28 heavy (non-hydrogen) atoms. The Labute approximate surface area is 182 Å². The number of anilines is 1. The summed E-state index contributed by atoms with van der Waals surface area (Å²) in [6.07, 6.45) is 2.94. The fourth-order valence-electron chi connectivity index (χ4n) is 2.98. The van der Waals surface area contributed by atoms with Crippen molar-refractivity contribution in [1.29, 1.82) is 5.26 Å². The van der Waals surface area contributed by atoms with E-state index in [1.165, 1.54) is 16.2 Å². The molecule has 0 fully saturated rings. The second-order valence-electron chi connectivity index (χ2n) is 6.32. The number of alkyl halides is 3. The molecule has 0 saturated carbocycles. The number of aryl methyl sites for hydroxylation is 1. The van der Waals surface area contributed by atoms with Crippen molar-refractivity contribution in [2.75, 3.05) is 11.9 Å². The smallest absolute Gasteiger partial charge is 0.259 e. The normalized spacial score (nSPS) is 14.5. The van der Waals surface area contributed by atoms with Gasteiger partial charge in [0.05, 0.1) is 5.56 Å². The number of carbonyl (C=O) groups is 1. The van der Waals surface area contributed by atoms with Crippen LogP contribution in [0, 0.1) is 11.3 Å². The number of halogens is 3. The molecule has 1 amide bonds. The molecular formula is C19H18Cl3N3O2S. The van der Waals surface area contributed by atoms with Gasteiger partial charge in [-0.15, -0.1) is 11.3 Å². The van der Waals surface area contributed by atoms with Crippen molar-refractivity contribution < 1.29 is 9.53 Å². The average Bonchev–Trinajstić information content (AvgIpc) is 3.03. The number of rotatable bonds is 6. The van der Waals surface area contributed by atoms with Crippen molar-refractivity contribution in [2.45, 2.75) is 35.6 Å². The van der Waals surface area contributed by atoms with Crippen LogP contribution in [0.2, 0.25) is 0 Å². The molecule has 1 aromatic heterocycles. The third-order valence-electron chi connectivity index (χ3n) is 4.30. The van der Waals surface area contributed by atoms with Crippen LogP contribution >= 0.6 is 46.1 Å². The number of benzene rings is 1. The zero-order valence-electron chi connectivity index (χ0n) is 14.8. The molecule has 3 rings (SSSR count). The SMILES string of the molecule is N#Cc1c(NC(NC(=O)COc2ccccc2)C(Cl)(Cl)Cl)sc2c1CCCC2. The van der Waals surface area contributed by atoms with Gasteiger partial charge < -0.3 is 15.4 Å². The fourth-order valence-corrected chi connectivity index (χ4v) is 4.58. The molecule has 1 aliphatic carbocycles. The lowest BCUT2D eigenvalue weighted by Gasteiger charge is -2.27. The van der Waals surface area contributed by atoms with E-state index in [1.807, 2.05) is 6.07 Å². The summed E-state index contributed by atoms with van der Waals surface area (Å²) < 4.78 is 3.60. The van der Waals surface area contributed by atoms with Crippen LogP contribution in [0.1, 0.15) is 28.8 Å². The molecular weight excluding hydrogens is 441 g/mol. The largest absolute Gasteiger partial charge is 0.484 e. The first-order valence-corrected chi connectivity index (χ1v) is 10.7. The maximum absolute atomic E-state index is 12.3. The Bertz CT molecular complexity index is 875. The van der Waals surface area contributed by atoms with E-state index in [2.05, 4.69) is 16.7 Å². The van der Waals surface area contributed by atoms with E-state index in [-0.39, 0.29) is 6.61 Å². The molecule has 0 saturated heterocycles. The second-order valence-corrected chi connectivity index (χ2v) is 9.79. The van der Waals surface area contributed by atoms with E-state index in [1.54, 1.807) is 24.3 Å². The Kier molecular flexibility index (Phi) is 6.95. The number of fused-ring (bicyclic) bond motifs is 1. The van der Waals surface area contributed by atoms with Crippen molar-refractivity contribution in [2.24, 2.45) is 0 Å². The van der Waals surface area contributed by atoms with Crippen LogP contribution in [-0.2, 0) is 17.6 Å². The van der Waals surface area contributed by atoms with Gasteiger partial charge in [0, 0.05) is 4.88 Å². The van der Waals surface area contributed by atoms with Crippen molar-refractivity contribution >= 4 is 57.0 Å². The maximum atomic E-state index is 12.3. The van der Waals surface area contributed by atoms with Crippen molar-refractivity contribution in [1.82, 2.24) is 5.32 Å². The minimum absolute atomic E-state index is 0.227. The van der Waals surface area contributed by atoms with Crippen LogP contribution in [0.15, 0.2) is 30.3 Å². The van der Waals surface area contributed by atoms with Crippen LogP contribution in [-0.4, -0.2) is 22.5 Å². The van der Waals surface area contributed by atoms with E-state index in [0.717, 1.165) is 31.2 Å². The topological polar surface area (TPSA) is 74.2 Å². The van der Waals surface area contributed by atoms with E-state index >= 15 is 0 Å². The number of nitriles is 1. The van der Waals surface area contributed by atoms with Crippen LogP contribution in [0.5, 0.6) is 5.75 Å². The molecule has 1 atom stereocenters. The first-order valence-electron chi connectivity index (χ1n) is 8.73. The zero-order valence-corrected chi connectivity index (χ0v) is 17.9. The average molecular weight is 459 g/mol. The molecule has 0 aliphatic heterocycles. The number of nitrogens with zero attached hydrogens (tertiary/aromatic N) is 1. The minimum Gasteiger partial charge on any atom is -0.484 e. The molecule has 1 unspecified atom stereocenters. The molecule has 1 aliphatic rings. The molecule has 1 aromatic carbocycles. The molecule has 2 N–H and O–H groups in total. The Morgan fingerprint density at radius 1 is 1.25 bits per heavy atom. The van der Waals surface area contributed by atoms with Crippen molar-refractivity contribution in [3.05, 3.63) is 46.3 Å². The second kappa shape index (κ2) is 9.23. The number of thiophene rings is 1. The number of hydrogen-bond acceptors (Lipinski definition) is 5. The number of amides is 1. The van der Waals surface area contributed by atoms with Gasteiger partial charge in [0.15, 0.2) is 6.61 Å². The van der Waals surface area contributed by atoms with E-state index in [9.17, 15) is 10.1 Å². The van der Waals surface area contributed by atoms with Gasteiger partial charge in [0.2, 0.25) is 3.79 Å². The van der Waals surface area contributed by atoms with Gasteiger partial charge in [-0.1, -0.05) is 53.0 Å². The third kappa shape index (κ3) is 5.24. The van der Waals surface area contributed by atoms with Crippen LogP contribution in [0.3, 0.4) is 0 Å². The summed E-state index contributed by atoms with van der Waals surface area (Å²) in [5, 5.41) is 15.9. The Hall–Kier alpha value is -1.65. The molecule has 1 heterocycles. The fraction of sp³-hybridized carbons (Fsp3) is 0.368. The summed E-state index contributed by atoms with van der Waals surface area (Å²) in [6, 6.07) is 11.2. The van der Waals surface area contributed by atoms with Gasteiger partial charge in [-0.05, 0) is 43.4 Å². The van der Waals surface area contributed by atoms with Crippen molar-refractivity contribution in [3.8, 4) is 11.8 Å². The molecule has 148 valence electrons. The summed E-state index contributed by atoms with van der Waals surface area (Å²) in [4.78, 5) is 13.5. The molecule has 0 radical (unpaired) electrons. The molecule has 9 heteroatoms. The summed E-state index contributed by atoms with van der Waals surface area (Å²) >= 11 is 19.7. The summed E-state index contributed by atoms with van der Waals surface area (Å²) in [5.74, 6) is 0.112. The third-order valence-corrected chi connectivity index (χ3v) is 6.18. The lowest BCUT2D eigenvalue weighted by atomic mass is 9.96. The molecule has 2 aromatic rings. The predicted molar refractivity (Wildman–Crippen MR) is 113 cm³/mol. The highest BCUT2D eigenvalue weighted by atomic mass is 35.6. The number of nitrogens with one attached hydrogen (secondary N) is 2. The van der Waals surface area contributed by atoms with Crippen LogP contribution < -0.4 is 15.4 Å². The number of ether oxygens (including phenoxy) is 1. The van der Waals surface area contributed by atoms with Gasteiger partial charge in [-0.25, -0.2) is 0 Å². The Morgan fingerprint density at radius 3 is 2.64 bits per heavy atom. The minimum atomic E-state index is -1.82. The van der Waals surface area contributed by atoms with E-state index in [0.29, 0.717) is 16.3 Å². The zero-order chi connectivity index (χ0) is 20.1. The standard InChI is InChI=1S/C19H18Cl3N3O2S/c20-19(21,22)18(24-16(26)11-27-12-6-2-1-3-7-12)25-17-14(10-23)13-8-4-5-9-15(13)28-17/h1-3,6-7,18,25H,4-5,8-9,11H2,(H,24,26). The highest BCUT2D eigenvalue weighted by Gasteiger charge is 2.35. The van der Waals surface area contributed by atoms with Gasteiger partial charge in [0.1, 0.15) is 23.0 Å². The van der Waals surface area contributed by atoms with Crippen LogP contribution in [0.25, 0.3) is 0 Å². The Balaban J connectivity index is 1.70. The van der Waals surface area contributed by atoms with Gasteiger partial charge >= 0.3 is 0 Å². The predicted octanol–water partition coefficient (Wildman–Crippen LogP) is 4.80.